The molecule has 2 atom stereocenters. The summed E-state index contributed by atoms with van der Waals surface area (Å²) in [4.78, 5) is 12.1. The molecule has 0 aliphatic rings. The van der Waals surface area contributed by atoms with E-state index in [0.717, 1.165) is 12.5 Å². The SMILES string of the molecule is C/C=N/c1cc(OC)c(OCC(CC)OC)cc1/C(=N\C)N[C@H](C)c1cc(N)nc(C(F)(F)F)c1. The van der Waals surface area contributed by atoms with Crippen molar-refractivity contribution in [2.45, 2.75) is 45.5 Å². The van der Waals surface area contributed by atoms with Crippen molar-refractivity contribution in [3.8, 4) is 11.5 Å². The highest BCUT2D eigenvalue weighted by Crippen LogP contribution is 2.36. The zero-order valence-electron chi connectivity index (χ0n) is 20.7. The number of amidine groups is 1. The van der Waals surface area contributed by atoms with Crippen LogP contribution in [0.4, 0.5) is 24.7 Å². The summed E-state index contributed by atoms with van der Waals surface area (Å²) in [6, 6.07) is 5.21. The van der Waals surface area contributed by atoms with Gasteiger partial charge in [-0.05, 0) is 44.0 Å². The molecule has 0 aliphatic carbocycles. The summed E-state index contributed by atoms with van der Waals surface area (Å²) in [6.07, 6.45) is -2.34. The number of anilines is 1. The number of hydrogen-bond donors (Lipinski definition) is 2. The third kappa shape index (κ3) is 7.32. The molecular weight excluding hydrogens is 463 g/mol. The Labute approximate surface area is 203 Å². The van der Waals surface area contributed by atoms with Crippen LogP contribution in [0.1, 0.15) is 50.1 Å². The average Bonchev–Trinajstić information content (AvgIpc) is 2.82. The Morgan fingerprint density at radius 1 is 1.20 bits per heavy atom. The zero-order chi connectivity index (χ0) is 26.2. The maximum absolute atomic E-state index is 13.2. The van der Waals surface area contributed by atoms with Gasteiger partial charge in [-0.3, -0.25) is 9.98 Å². The lowest BCUT2D eigenvalue weighted by Gasteiger charge is -2.21. The van der Waals surface area contributed by atoms with Crippen molar-refractivity contribution < 1.29 is 27.4 Å². The Kier molecular flexibility index (Phi) is 9.88. The van der Waals surface area contributed by atoms with Crippen LogP contribution in [0.25, 0.3) is 0 Å². The van der Waals surface area contributed by atoms with E-state index < -0.39 is 17.9 Å². The first-order chi connectivity index (χ1) is 16.6. The van der Waals surface area contributed by atoms with E-state index in [4.69, 9.17) is 19.9 Å². The highest BCUT2D eigenvalue weighted by Gasteiger charge is 2.33. The van der Waals surface area contributed by atoms with Crippen molar-refractivity contribution in [3.05, 3.63) is 41.1 Å². The van der Waals surface area contributed by atoms with Gasteiger partial charge in [0, 0.05) is 32.0 Å². The van der Waals surface area contributed by atoms with Gasteiger partial charge >= 0.3 is 6.18 Å². The lowest BCUT2D eigenvalue weighted by atomic mass is 10.1. The van der Waals surface area contributed by atoms with Gasteiger partial charge in [0.05, 0.1) is 24.9 Å². The molecule has 0 amide bonds. The minimum Gasteiger partial charge on any atom is -0.493 e. The number of hydrogen-bond acceptors (Lipinski definition) is 7. The van der Waals surface area contributed by atoms with Crippen LogP contribution in [0, 0.1) is 0 Å². The zero-order valence-corrected chi connectivity index (χ0v) is 20.7. The van der Waals surface area contributed by atoms with Crippen molar-refractivity contribution in [2.24, 2.45) is 9.98 Å². The highest BCUT2D eigenvalue weighted by molar-refractivity contribution is 6.04. The molecule has 1 heterocycles. The molecule has 0 aliphatic heterocycles. The monoisotopic (exact) mass is 495 g/mol. The van der Waals surface area contributed by atoms with E-state index in [1.165, 1.54) is 13.2 Å². The number of nitrogens with one attached hydrogen (secondary N) is 1. The average molecular weight is 496 g/mol. The molecule has 192 valence electrons. The molecule has 2 aromatic rings. The topological polar surface area (TPSA) is 103 Å². The number of rotatable bonds is 10. The van der Waals surface area contributed by atoms with Gasteiger partial charge in [-0.2, -0.15) is 13.2 Å². The van der Waals surface area contributed by atoms with Crippen LogP contribution in [0.5, 0.6) is 11.5 Å². The van der Waals surface area contributed by atoms with Crippen LogP contribution in [0.3, 0.4) is 0 Å². The molecule has 0 fully saturated rings. The summed E-state index contributed by atoms with van der Waals surface area (Å²) in [5, 5.41) is 3.16. The van der Waals surface area contributed by atoms with Gasteiger partial charge in [-0.15, -0.1) is 0 Å². The molecule has 11 heteroatoms. The molecule has 0 spiro atoms. The van der Waals surface area contributed by atoms with Crippen molar-refractivity contribution in [1.29, 1.82) is 0 Å². The van der Waals surface area contributed by atoms with E-state index in [-0.39, 0.29) is 11.9 Å². The van der Waals surface area contributed by atoms with E-state index in [1.54, 1.807) is 46.4 Å². The van der Waals surface area contributed by atoms with Gasteiger partial charge in [0.1, 0.15) is 24.0 Å². The predicted octanol–water partition coefficient (Wildman–Crippen LogP) is 4.94. The van der Waals surface area contributed by atoms with Crippen molar-refractivity contribution in [2.75, 3.05) is 33.6 Å². The first-order valence-corrected chi connectivity index (χ1v) is 11.0. The first-order valence-electron chi connectivity index (χ1n) is 11.0. The maximum Gasteiger partial charge on any atom is 0.433 e. The van der Waals surface area contributed by atoms with E-state index in [9.17, 15) is 13.2 Å². The summed E-state index contributed by atoms with van der Waals surface area (Å²) < 4.78 is 56.5. The standard InChI is InChI=1S/C24H32F3N5O3/c1-7-16(33-5)13-35-20-11-17(18(30-8-2)12-19(20)34-6)23(29-4)31-14(3)15-9-21(24(25,26)27)32-22(28)10-15/h8-12,14,16H,7,13H2,1-6H3,(H2,28,32)(H,29,31)/b30-8+/t14-,16?/m1/s1. The number of halogens is 3. The van der Waals surface area contributed by atoms with Gasteiger partial charge in [0.15, 0.2) is 11.5 Å². The lowest BCUT2D eigenvalue weighted by Crippen LogP contribution is -2.28. The van der Waals surface area contributed by atoms with Crippen molar-refractivity contribution in [1.82, 2.24) is 10.3 Å². The van der Waals surface area contributed by atoms with Crippen molar-refractivity contribution >= 4 is 23.6 Å². The molecule has 8 nitrogen and oxygen atoms in total. The predicted molar refractivity (Wildman–Crippen MR) is 131 cm³/mol. The summed E-state index contributed by atoms with van der Waals surface area (Å²) in [7, 11) is 4.71. The van der Waals surface area contributed by atoms with E-state index in [2.05, 4.69) is 20.3 Å². The molecule has 2 rings (SSSR count). The smallest absolute Gasteiger partial charge is 0.433 e. The number of aliphatic imine (C=N–C) groups is 2. The fourth-order valence-corrected chi connectivity index (χ4v) is 3.31. The summed E-state index contributed by atoms with van der Waals surface area (Å²) in [5.41, 5.74) is 6.01. The minimum absolute atomic E-state index is 0.103. The van der Waals surface area contributed by atoms with Crippen LogP contribution in [-0.2, 0) is 10.9 Å². The van der Waals surface area contributed by atoms with Gasteiger partial charge in [0.2, 0.25) is 0 Å². The Morgan fingerprint density at radius 3 is 2.46 bits per heavy atom. The molecule has 0 bridgehead atoms. The van der Waals surface area contributed by atoms with Gasteiger partial charge < -0.3 is 25.3 Å². The number of pyridine rings is 1. The van der Waals surface area contributed by atoms with Crippen LogP contribution >= 0.6 is 0 Å². The second-order valence-corrected chi connectivity index (χ2v) is 7.63. The van der Waals surface area contributed by atoms with Crippen molar-refractivity contribution in [3.63, 3.8) is 0 Å². The number of methoxy groups -OCH3 is 2. The van der Waals surface area contributed by atoms with Gasteiger partial charge in [0.25, 0.3) is 0 Å². The van der Waals surface area contributed by atoms with E-state index >= 15 is 0 Å². The Hall–Kier alpha value is -3.34. The number of aromatic nitrogens is 1. The fraction of sp³-hybridized carbons (Fsp3) is 0.458. The third-order valence-corrected chi connectivity index (χ3v) is 5.25. The van der Waals surface area contributed by atoms with Gasteiger partial charge in [-0.25, -0.2) is 4.98 Å². The third-order valence-electron chi connectivity index (χ3n) is 5.25. The highest BCUT2D eigenvalue weighted by atomic mass is 19.4. The van der Waals surface area contributed by atoms with Gasteiger partial charge in [-0.1, -0.05) is 6.92 Å². The van der Waals surface area contributed by atoms with Crippen LogP contribution in [0.15, 0.2) is 34.3 Å². The number of benzene rings is 1. The largest absolute Gasteiger partial charge is 0.493 e. The van der Waals surface area contributed by atoms with Crippen LogP contribution in [0.2, 0.25) is 0 Å². The second-order valence-electron chi connectivity index (χ2n) is 7.63. The Bertz CT molecular complexity index is 1050. The lowest BCUT2D eigenvalue weighted by molar-refractivity contribution is -0.141. The molecule has 1 aromatic carbocycles. The molecule has 1 unspecified atom stereocenters. The minimum atomic E-state index is -4.62. The fourth-order valence-electron chi connectivity index (χ4n) is 3.31. The number of nitrogens with zero attached hydrogens (tertiary/aromatic N) is 3. The summed E-state index contributed by atoms with van der Waals surface area (Å²) >= 11 is 0. The summed E-state index contributed by atoms with van der Waals surface area (Å²) in [6.45, 7) is 5.76. The molecule has 0 saturated heterocycles. The number of alkyl halides is 3. The first kappa shape index (κ1) is 27.9. The molecule has 3 N–H and O–H groups in total. The quantitative estimate of drug-likeness (QED) is 0.357. The van der Waals surface area contributed by atoms with Crippen LogP contribution in [-0.4, -0.2) is 51.0 Å². The van der Waals surface area contributed by atoms with E-state index in [0.29, 0.717) is 40.8 Å². The number of nitrogen functional groups attached to an aromatic ring is 1. The maximum atomic E-state index is 13.2. The molecule has 0 radical (unpaired) electrons. The Morgan fingerprint density at radius 2 is 1.91 bits per heavy atom. The van der Waals surface area contributed by atoms with Crippen LogP contribution < -0.4 is 20.5 Å². The number of nitrogens with two attached hydrogens (primary N) is 1. The molecule has 1 aromatic heterocycles. The Balaban J connectivity index is 2.46. The number of ether oxygens (including phenoxy) is 3. The van der Waals surface area contributed by atoms with E-state index in [1.807, 2.05) is 6.92 Å². The molecular formula is C24H32F3N5O3. The molecule has 0 saturated carbocycles. The summed E-state index contributed by atoms with van der Waals surface area (Å²) in [5.74, 6) is 1.10. The molecule has 35 heavy (non-hydrogen) atoms. The second kappa shape index (κ2) is 12.4. The normalized spacial score (nSPS) is 14.1.